The van der Waals surface area contributed by atoms with Gasteiger partial charge in [0.1, 0.15) is 11.3 Å². The zero-order valence-corrected chi connectivity index (χ0v) is 13.8. The van der Waals surface area contributed by atoms with Gasteiger partial charge in [0.15, 0.2) is 0 Å². The summed E-state index contributed by atoms with van der Waals surface area (Å²) in [5.74, 6) is -1.08. The number of nitrogens with zero attached hydrogens (tertiary/aromatic N) is 2. The molecule has 0 unspecified atom stereocenters. The highest BCUT2D eigenvalue weighted by Gasteiger charge is 2.28. The van der Waals surface area contributed by atoms with Gasteiger partial charge in [-0.15, -0.1) is 0 Å². The fraction of sp³-hybridized carbons (Fsp3) is 0.105. The molecule has 3 rings (SSSR count). The maximum atomic E-state index is 12.7. The molecule has 2 aromatic carbocycles. The molecule has 1 N–H and O–H groups in total. The van der Waals surface area contributed by atoms with Crippen molar-refractivity contribution in [2.75, 3.05) is 12.1 Å². The minimum absolute atomic E-state index is 0.0387. The van der Waals surface area contributed by atoms with Gasteiger partial charge in [-0.05, 0) is 42.8 Å². The first-order chi connectivity index (χ1) is 12.0. The van der Waals surface area contributed by atoms with Crippen molar-refractivity contribution in [2.24, 2.45) is 5.10 Å². The second kappa shape index (κ2) is 6.60. The molecule has 1 amide bonds. The van der Waals surface area contributed by atoms with Crippen molar-refractivity contribution in [1.82, 2.24) is 0 Å². The summed E-state index contributed by atoms with van der Waals surface area (Å²) in [6.45, 7) is 1.74. The summed E-state index contributed by atoms with van der Waals surface area (Å²) < 4.78 is 5.05. The largest absolute Gasteiger partial charge is 0.496 e. The SMILES string of the molecule is COc1ccc(/C=C2\C(=O)N(c3ccccc3)N=C2C)cc1C(=O)O. The van der Waals surface area contributed by atoms with Gasteiger partial charge >= 0.3 is 5.97 Å². The smallest absolute Gasteiger partial charge is 0.339 e. The van der Waals surface area contributed by atoms with Gasteiger partial charge in [-0.1, -0.05) is 24.3 Å². The monoisotopic (exact) mass is 336 g/mol. The van der Waals surface area contributed by atoms with Crippen LogP contribution in [0.4, 0.5) is 5.69 Å². The fourth-order valence-corrected chi connectivity index (χ4v) is 2.58. The van der Waals surface area contributed by atoms with Gasteiger partial charge in [-0.3, -0.25) is 4.79 Å². The number of para-hydroxylation sites is 1. The van der Waals surface area contributed by atoms with Crippen molar-refractivity contribution in [3.63, 3.8) is 0 Å². The average Bonchev–Trinajstić information content (AvgIpc) is 2.90. The van der Waals surface area contributed by atoms with Gasteiger partial charge in [0, 0.05) is 0 Å². The molecule has 0 aromatic heterocycles. The number of aromatic carboxylic acids is 1. The molecule has 25 heavy (non-hydrogen) atoms. The Morgan fingerprint density at radius 3 is 2.56 bits per heavy atom. The highest BCUT2D eigenvalue weighted by molar-refractivity contribution is 6.32. The number of carbonyl (C=O) groups excluding carboxylic acids is 1. The molecule has 6 heteroatoms. The standard InChI is InChI=1S/C19H16N2O4/c1-12-15(18(22)21(20-12)14-6-4-3-5-7-14)10-13-8-9-17(25-2)16(11-13)19(23)24/h3-11H,1-2H3,(H,23,24)/b15-10-. The Morgan fingerprint density at radius 2 is 1.92 bits per heavy atom. The third-order valence-electron chi connectivity index (χ3n) is 3.83. The number of ether oxygens (including phenoxy) is 1. The molecule has 0 fully saturated rings. The van der Waals surface area contributed by atoms with E-state index >= 15 is 0 Å². The highest BCUT2D eigenvalue weighted by Crippen LogP contribution is 2.26. The molecular weight excluding hydrogens is 320 g/mol. The molecule has 1 heterocycles. The van der Waals surface area contributed by atoms with Crippen LogP contribution in [0.3, 0.4) is 0 Å². The summed E-state index contributed by atoms with van der Waals surface area (Å²) in [6, 6.07) is 13.9. The zero-order valence-electron chi connectivity index (χ0n) is 13.8. The Bertz CT molecular complexity index is 901. The fourth-order valence-electron chi connectivity index (χ4n) is 2.58. The van der Waals surface area contributed by atoms with Crippen LogP contribution in [0.1, 0.15) is 22.8 Å². The molecule has 0 bridgehead atoms. The molecule has 6 nitrogen and oxygen atoms in total. The number of anilines is 1. The summed E-state index contributed by atoms with van der Waals surface area (Å²) in [5, 5.41) is 14.9. The van der Waals surface area contributed by atoms with E-state index in [4.69, 9.17) is 4.74 Å². The molecule has 1 aliphatic rings. The van der Waals surface area contributed by atoms with Crippen molar-refractivity contribution >= 4 is 29.4 Å². The molecule has 0 atom stereocenters. The number of carboxylic acid groups (broad SMARTS) is 1. The van der Waals surface area contributed by atoms with Crippen LogP contribution in [0.5, 0.6) is 5.75 Å². The topological polar surface area (TPSA) is 79.2 Å². The molecule has 126 valence electrons. The third kappa shape index (κ3) is 3.14. The molecule has 1 aliphatic heterocycles. The molecule has 0 aliphatic carbocycles. The van der Waals surface area contributed by atoms with Crippen molar-refractivity contribution in [3.8, 4) is 5.75 Å². The highest BCUT2D eigenvalue weighted by atomic mass is 16.5. The lowest BCUT2D eigenvalue weighted by molar-refractivity contribution is -0.114. The van der Waals surface area contributed by atoms with Crippen LogP contribution in [0.15, 0.2) is 59.2 Å². The predicted octanol–water partition coefficient (Wildman–Crippen LogP) is 3.20. The summed E-state index contributed by atoms with van der Waals surface area (Å²) in [4.78, 5) is 24.0. The minimum Gasteiger partial charge on any atom is -0.496 e. The van der Waals surface area contributed by atoms with Crippen molar-refractivity contribution in [1.29, 1.82) is 0 Å². The Kier molecular flexibility index (Phi) is 4.35. The van der Waals surface area contributed by atoms with E-state index in [9.17, 15) is 14.7 Å². The lowest BCUT2D eigenvalue weighted by atomic mass is 10.0. The van der Waals surface area contributed by atoms with E-state index in [0.29, 0.717) is 22.5 Å². The predicted molar refractivity (Wildman–Crippen MR) is 95.0 cm³/mol. The van der Waals surface area contributed by atoms with Gasteiger partial charge in [-0.25, -0.2) is 4.79 Å². The number of hydrogen-bond donors (Lipinski definition) is 1. The summed E-state index contributed by atoms with van der Waals surface area (Å²) in [7, 11) is 1.41. The first-order valence-electron chi connectivity index (χ1n) is 7.59. The quantitative estimate of drug-likeness (QED) is 0.870. The minimum atomic E-state index is -1.09. The molecule has 0 radical (unpaired) electrons. The molecule has 2 aromatic rings. The summed E-state index contributed by atoms with van der Waals surface area (Å²) in [5.41, 5.74) is 2.30. The second-order valence-electron chi connectivity index (χ2n) is 5.46. The van der Waals surface area contributed by atoms with Gasteiger partial charge in [-0.2, -0.15) is 10.1 Å². The molecule has 0 saturated heterocycles. The number of rotatable bonds is 4. The van der Waals surface area contributed by atoms with E-state index < -0.39 is 5.97 Å². The van der Waals surface area contributed by atoms with Crippen molar-refractivity contribution < 1.29 is 19.4 Å². The van der Waals surface area contributed by atoms with Gasteiger partial charge < -0.3 is 9.84 Å². The number of hydrogen-bond acceptors (Lipinski definition) is 4. The lowest BCUT2D eigenvalue weighted by Crippen LogP contribution is -2.21. The zero-order chi connectivity index (χ0) is 18.0. The van der Waals surface area contributed by atoms with E-state index in [-0.39, 0.29) is 17.2 Å². The Labute approximate surface area is 144 Å². The van der Waals surface area contributed by atoms with E-state index in [1.807, 2.05) is 18.2 Å². The lowest BCUT2D eigenvalue weighted by Gasteiger charge is -2.11. The Balaban J connectivity index is 1.97. The molecule has 0 saturated carbocycles. The van der Waals surface area contributed by atoms with Crippen LogP contribution in [0.25, 0.3) is 6.08 Å². The van der Waals surface area contributed by atoms with Crippen LogP contribution in [0.2, 0.25) is 0 Å². The molecular formula is C19H16N2O4. The maximum absolute atomic E-state index is 12.7. The van der Waals surface area contributed by atoms with E-state index in [1.54, 1.807) is 37.3 Å². The average molecular weight is 336 g/mol. The van der Waals surface area contributed by atoms with Crippen LogP contribution in [-0.4, -0.2) is 29.8 Å². The third-order valence-corrected chi connectivity index (χ3v) is 3.83. The number of amides is 1. The number of hydrazone groups is 1. The normalized spacial score (nSPS) is 15.4. The molecule has 0 spiro atoms. The van der Waals surface area contributed by atoms with E-state index in [1.165, 1.54) is 18.2 Å². The van der Waals surface area contributed by atoms with Crippen LogP contribution < -0.4 is 9.75 Å². The first-order valence-corrected chi connectivity index (χ1v) is 7.59. The van der Waals surface area contributed by atoms with Gasteiger partial charge in [0.05, 0.1) is 24.1 Å². The van der Waals surface area contributed by atoms with Crippen LogP contribution >= 0.6 is 0 Å². The second-order valence-corrected chi connectivity index (χ2v) is 5.46. The van der Waals surface area contributed by atoms with Crippen LogP contribution in [-0.2, 0) is 4.79 Å². The van der Waals surface area contributed by atoms with Gasteiger partial charge in [0.2, 0.25) is 0 Å². The first kappa shape index (κ1) is 16.4. The Morgan fingerprint density at radius 1 is 1.20 bits per heavy atom. The van der Waals surface area contributed by atoms with E-state index in [2.05, 4.69) is 5.10 Å². The summed E-state index contributed by atoms with van der Waals surface area (Å²) >= 11 is 0. The number of benzene rings is 2. The van der Waals surface area contributed by atoms with Gasteiger partial charge in [0.25, 0.3) is 5.91 Å². The van der Waals surface area contributed by atoms with Crippen molar-refractivity contribution in [3.05, 3.63) is 65.2 Å². The number of carbonyl (C=O) groups is 2. The summed E-state index contributed by atoms with van der Waals surface area (Å²) in [6.07, 6.45) is 1.63. The Hall–Kier alpha value is -3.41. The number of methoxy groups -OCH3 is 1. The van der Waals surface area contributed by atoms with Crippen molar-refractivity contribution in [2.45, 2.75) is 6.92 Å². The van der Waals surface area contributed by atoms with E-state index in [0.717, 1.165) is 0 Å². The van der Waals surface area contributed by atoms with Crippen LogP contribution in [0, 0.1) is 0 Å². The maximum Gasteiger partial charge on any atom is 0.339 e. The number of carboxylic acids is 1.